The molecule has 6 nitrogen and oxygen atoms in total. The predicted molar refractivity (Wildman–Crippen MR) is 101 cm³/mol. The van der Waals surface area contributed by atoms with Crippen LogP contribution in [0.3, 0.4) is 0 Å². The van der Waals surface area contributed by atoms with E-state index in [1.807, 2.05) is 62.4 Å². The highest BCUT2D eigenvalue weighted by Crippen LogP contribution is 2.19. The highest BCUT2D eigenvalue weighted by Gasteiger charge is 2.18. The van der Waals surface area contributed by atoms with Crippen LogP contribution in [0.5, 0.6) is 0 Å². The molecule has 2 N–H and O–H groups in total. The van der Waals surface area contributed by atoms with Crippen LogP contribution in [-0.2, 0) is 4.79 Å². The molecule has 3 aromatic rings. The molecule has 0 aliphatic rings. The normalized spacial score (nSPS) is 10.6. The molecule has 0 saturated carbocycles. The topological polar surface area (TPSA) is 76.0 Å². The average molecular weight is 348 g/mol. The molecule has 0 spiro atoms. The van der Waals surface area contributed by atoms with Gasteiger partial charge in [0.2, 0.25) is 5.91 Å². The summed E-state index contributed by atoms with van der Waals surface area (Å²) < 4.78 is 1.56. The molecule has 0 radical (unpaired) electrons. The molecule has 3 rings (SSSR count). The van der Waals surface area contributed by atoms with Gasteiger partial charge in [0.05, 0.1) is 5.69 Å². The zero-order valence-corrected chi connectivity index (χ0v) is 14.6. The molecule has 0 unspecified atom stereocenters. The van der Waals surface area contributed by atoms with E-state index in [9.17, 15) is 9.59 Å². The number of rotatable bonds is 5. The summed E-state index contributed by atoms with van der Waals surface area (Å²) in [4.78, 5) is 24.6. The molecular weight excluding hydrogens is 328 g/mol. The Kier molecular flexibility index (Phi) is 5.12. The van der Waals surface area contributed by atoms with Crippen molar-refractivity contribution < 1.29 is 9.59 Å². The summed E-state index contributed by atoms with van der Waals surface area (Å²) in [7, 11) is 0. The molecule has 2 amide bonds. The first-order chi connectivity index (χ1) is 12.5. The van der Waals surface area contributed by atoms with E-state index in [2.05, 4.69) is 15.7 Å². The van der Waals surface area contributed by atoms with Crippen molar-refractivity contribution in [3.05, 3.63) is 72.4 Å². The van der Waals surface area contributed by atoms with E-state index in [1.165, 1.54) is 0 Å². The van der Waals surface area contributed by atoms with Crippen molar-refractivity contribution >= 4 is 23.3 Å². The van der Waals surface area contributed by atoms with Crippen LogP contribution in [-0.4, -0.2) is 21.6 Å². The van der Waals surface area contributed by atoms with Gasteiger partial charge in [-0.1, -0.05) is 50.2 Å². The van der Waals surface area contributed by atoms with E-state index in [0.717, 1.165) is 5.69 Å². The minimum atomic E-state index is -0.342. The second-order valence-electron chi connectivity index (χ2n) is 6.13. The molecule has 1 aromatic heterocycles. The Labute approximate surface area is 151 Å². The Hall–Kier alpha value is -3.41. The summed E-state index contributed by atoms with van der Waals surface area (Å²) in [6, 6.07) is 20.1. The minimum Gasteiger partial charge on any atom is -0.321 e. The number of hydrogen-bond acceptors (Lipinski definition) is 3. The lowest BCUT2D eigenvalue weighted by molar-refractivity contribution is -0.118. The third kappa shape index (κ3) is 3.97. The van der Waals surface area contributed by atoms with Gasteiger partial charge in [0.15, 0.2) is 5.69 Å². The maximum atomic E-state index is 12.5. The van der Waals surface area contributed by atoms with Crippen LogP contribution in [0.25, 0.3) is 5.69 Å². The van der Waals surface area contributed by atoms with E-state index in [0.29, 0.717) is 11.5 Å². The number of benzene rings is 2. The Balaban J connectivity index is 1.93. The van der Waals surface area contributed by atoms with Gasteiger partial charge >= 0.3 is 0 Å². The third-order valence-corrected chi connectivity index (χ3v) is 3.75. The lowest BCUT2D eigenvalue weighted by Crippen LogP contribution is -2.19. The number of aromatic nitrogens is 2. The second-order valence-corrected chi connectivity index (χ2v) is 6.13. The fraction of sp³-hybridized carbons (Fsp3) is 0.150. The van der Waals surface area contributed by atoms with Crippen molar-refractivity contribution in [2.75, 3.05) is 10.6 Å². The van der Waals surface area contributed by atoms with Gasteiger partial charge in [-0.15, -0.1) is 0 Å². The van der Waals surface area contributed by atoms with Crippen molar-refractivity contribution in [2.24, 2.45) is 5.92 Å². The van der Waals surface area contributed by atoms with Crippen molar-refractivity contribution in [2.45, 2.75) is 13.8 Å². The highest BCUT2D eigenvalue weighted by atomic mass is 16.2. The first-order valence-electron chi connectivity index (χ1n) is 8.37. The molecule has 0 aliphatic carbocycles. The molecule has 26 heavy (non-hydrogen) atoms. The number of carbonyl (C=O) groups excluding carboxylic acids is 2. The van der Waals surface area contributed by atoms with E-state index in [-0.39, 0.29) is 23.4 Å². The SMILES string of the molecule is CC(C)C(=O)Nc1cc(C(=O)Nc2ccccc2)nn1-c1ccccc1. The van der Waals surface area contributed by atoms with Gasteiger partial charge in [-0.2, -0.15) is 5.10 Å². The number of nitrogens with one attached hydrogen (secondary N) is 2. The number of amides is 2. The first kappa shape index (κ1) is 17.4. The maximum Gasteiger partial charge on any atom is 0.276 e. The maximum absolute atomic E-state index is 12.5. The Morgan fingerprint density at radius 2 is 1.54 bits per heavy atom. The van der Waals surface area contributed by atoms with Gasteiger partial charge < -0.3 is 10.6 Å². The Bertz CT molecular complexity index is 902. The monoisotopic (exact) mass is 348 g/mol. The molecular formula is C20H20N4O2. The van der Waals surface area contributed by atoms with Gasteiger partial charge in [-0.25, -0.2) is 4.68 Å². The van der Waals surface area contributed by atoms with Crippen LogP contribution >= 0.6 is 0 Å². The van der Waals surface area contributed by atoms with Crippen molar-refractivity contribution in [3.63, 3.8) is 0 Å². The second kappa shape index (κ2) is 7.65. The Morgan fingerprint density at radius 1 is 0.923 bits per heavy atom. The van der Waals surface area contributed by atoms with Gasteiger partial charge in [0.1, 0.15) is 5.82 Å². The lowest BCUT2D eigenvalue weighted by atomic mass is 10.2. The molecule has 132 valence electrons. The standard InChI is InChI=1S/C20H20N4O2/c1-14(2)19(25)22-18-13-17(20(26)21-15-9-5-3-6-10-15)23-24(18)16-11-7-4-8-12-16/h3-14H,1-2H3,(H,21,26)(H,22,25). The van der Waals surface area contributed by atoms with Gasteiger partial charge in [-0.3, -0.25) is 9.59 Å². The van der Waals surface area contributed by atoms with E-state index in [4.69, 9.17) is 0 Å². The van der Waals surface area contributed by atoms with Crippen LogP contribution in [0.1, 0.15) is 24.3 Å². The zero-order chi connectivity index (χ0) is 18.5. The van der Waals surface area contributed by atoms with Crippen LogP contribution in [0.4, 0.5) is 11.5 Å². The molecule has 2 aromatic carbocycles. The average Bonchev–Trinajstić information content (AvgIpc) is 3.07. The van der Waals surface area contributed by atoms with Crippen LogP contribution in [0, 0.1) is 5.92 Å². The van der Waals surface area contributed by atoms with Crippen molar-refractivity contribution in [1.82, 2.24) is 9.78 Å². The predicted octanol–water partition coefficient (Wildman–Crippen LogP) is 3.72. The Morgan fingerprint density at radius 3 is 2.15 bits per heavy atom. The third-order valence-electron chi connectivity index (χ3n) is 3.75. The van der Waals surface area contributed by atoms with Gasteiger partial charge in [-0.05, 0) is 24.3 Å². The van der Waals surface area contributed by atoms with Crippen LogP contribution in [0.15, 0.2) is 66.7 Å². The first-order valence-corrected chi connectivity index (χ1v) is 8.37. The zero-order valence-electron chi connectivity index (χ0n) is 14.6. The number of hydrogen-bond donors (Lipinski definition) is 2. The van der Waals surface area contributed by atoms with Gasteiger partial charge in [0.25, 0.3) is 5.91 Å². The smallest absolute Gasteiger partial charge is 0.276 e. The van der Waals surface area contributed by atoms with Gasteiger partial charge in [0, 0.05) is 17.7 Å². The molecule has 0 aliphatic heterocycles. The summed E-state index contributed by atoms with van der Waals surface area (Å²) >= 11 is 0. The summed E-state index contributed by atoms with van der Waals surface area (Å²) in [6.07, 6.45) is 0. The number of para-hydroxylation sites is 2. The summed E-state index contributed by atoms with van der Waals surface area (Å²) in [5.74, 6) is -0.216. The molecule has 0 fully saturated rings. The number of anilines is 2. The quantitative estimate of drug-likeness (QED) is 0.738. The summed E-state index contributed by atoms with van der Waals surface area (Å²) in [5, 5.41) is 10.0. The fourth-order valence-corrected chi connectivity index (χ4v) is 2.33. The molecule has 0 saturated heterocycles. The van der Waals surface area contributed by atoms with Crippen LogP contribution in [0.2, 0.25) is 0 Å². The number of nitrogens with zero attached hydrogens (tertiary/aromatic N) is 2. The molecule has 0 bridgehead atoms. The van der Waals surface area contributed by atoms with Crippen molar-refractivity contribution in [3.8, 4) is 5.69 Å². The fourth-order valence-electron chi connectivity index (χ4n) is 2.33. The lowest BCUT2D eigenvalue weighted by Gasteiger charge is -2.10. The van der Waals surface area contributed by atoms with E-state index < -0.39 is 0 Å². The minimum absolute atomic E-state index is 0.142. The van der Waals surface area contributed by atoms with E-state index in [1.54, 1.807) is 22.9 Å². The summed E-state index contributed by atoms with van der Waals surface area (Å²) in [5.41, 5.74) is 1.65. The molecule has 6 heteroatoms. The van der Waals surface area contributed by atoms with Crippen molar-refractivity contribution in [1.29, 1.82) is 0 Å². The largest absolute Gasteiger partial charge is 0.321 e. The van der Waals surface area contributed by atoms with E-state index >= 15 is 0 Å². The molecule has 0 atom stereocenters. The molecule has 1 heterocycles. The highest BCUT2D eigenvalue weighted by molar-refractivity contribution is 6.04. The summed E-state index contributed by atoms with van der Waals surface area (Å²) in [6.45, 7) is 3.61. The van der Waals surface area contributed by atoms with Crippen LogP contribution < -0.4 is 10.6 Å². The number of carbonyl (C=O) groups is 2.